The largest absolute Gasteiger partial charge is 0.456 e. The topological polar surface area (TPSA) is 90.5 Å². The molecule has 4 heterocycles. The maximum absolute atomic E-state index is 6.13. The van der Waals surface area contributed by atoms with Gasteiger partial charge in [0.25, 0.3) is 0 Å². The van der Waals surface area contributed by atoms with Crippen LogP contribution < -0.4 is 0 Å². The van der Waals surface area contributed by atoms with Gasteiger partial charge in [-0.1, -0.05) is 121 Å². The molecule has 0 atom stereocenters. The molecule has 0 aliphatic heterocycles. The van der Waals surface area contributed by atoms with E-state index in [1.54, 1.807) is 11.3 Å². The molecule has 0 unspecified atom stereocenters. The molecule has 0 aliphatic rings. The molecule has 7 aromatic carbocycles. The zero-order chi connectivity index (χ0) is 37.0. The molecule has 0 aliphatic carbocycles. The van der Waals surface area contributed by atoms with Crippen LogP contribution in [0.2, 0.25) is 0 Å². The molecule has 4 aromatic heterocycles. The highest BCUT2D eigenvalue weighted by atomic mass is 32.1. The number of thiophene rings is 1. The minimum absolute atomic E-state index is 0.586. The molecule has 0 N–H and O–H groups in total. The first-order valence-electron chi connectivity index (χ1n) is 18.3. The van der Waals surface area contributed by atoms with Crippen LogP contribution in [0.1, 0.15) is 0 Å². The van der Waals surface area contributed by atoms with E-state index in [4.69, 9.17) is 34.3 Å². The first-order chi connectivity index (χ1) is 27.7. The molecule has 0 saturated carbocycles. The van der Waals surface area contributed by atoms with Crippen molar-refractivity contribution in [3.05, 3.63) is 170 Å². The van der Waals surface area contributed by atoms with E-state index in [9.17, 15) is 0 Å². The average Bonchev–Trinajstić information content (AvgIpc) is 3.85. The smallest absolute Gasteiger partial charge is 0.164 e. The third-order valence-corrected chi connectivity index (χ3v) is 11.1. The standard InChI is InChI=1S/C48H28N6OS/c1-4-13-29(14-5-1)43-50-46(32-23-25-39-36(27-32)34-19-10-11-21-38(34)55-39)52-47(51-43)33-24-26-40-37(28-33)42-35(20-12-22-41(42)56-40)48-53-44(30-15-6-2-7-16-30)49-45(54-48)31-17-8-3-9-18-31/h1-28H. The lowest BCUT2D eigenvalue weighted by Gasteiger charge is -2.10. The normalized spacial score (nSPS) is 11.6. The Kier molecular flexibility index (Phi) is 7.53. The molecule has 0 fully saturated rings. The van der Waals surface area contributed by atoms with Gasteiger partial charge in [-0.2, -0.15) is 0 Å². The molecule has 0 amide bonds. The number of nitrogens with zero attached hydrogens (tertiary/aromatic N) is 6. The van der Waals surface area contributed by atoms with Crippen molar-refractivity contribution in [2.24, 2.45) is 0 Å². The second kappa shape index (κ2) is 13.2. The van der Waals surface area contributed by atoms with E-state index in [0.29, 0.717) is 34.9 Å². The Bertz CT molecular complexity index is 3200. The fourth-order valence-electron chi connectivity index (χ4n) is 7.30. The third-order valence-electron chi connectivity index (χ3n) is 10.00. The molecule has 0 saturated heterocycles. The second-order valence-corrected chi connectivity index (χ2v) is 14.6. The highest BCUT2D eigenvalue weighted by molar-refractivity contribution is 7.26. The molecule has 8 heteroatoms. The summed E-state index contributed by atoms with van der Waals surface area (Å²) in [6.45, 7) is 0. The van der Waals surface area contributed by atoms with Crippen molar-refractivity contribution in [2.45, 2.75) is 0 Å². The Morgan fingerprint density at radius 2 is 0.804 bits per heavy atom. The third kappa shape index (κ3) is 5.59. The van der Waals surface area contributed by atoms with Crippen molar-refractivity contribution in [1.82, 2.24) is 29.9 Å². The van der Waals surface area contributed by atoms with Gasteiger partial charge in [-0.3, -0.25) is 0 Å². The van der Waals surface area contributed by atoms with Crippen LogP contribution in [-0.4, -0.2) is 29.9 Å². The van der Waals surface area contributed by atoms with Crippen molar-refractivity contribution in [2.75, 3.05) is 0 Å². The molecular weight excluding hydrogens is 709 g/mol. The predicted octanol–water partition coefficient (Wildman–Crippen LogP) is 12.3. The number of rotatable bonds is 6. The Hall–Kier alpha value is -7.42. The van der Waals surface area contributed by atoms with Crippen LogP contribution in [0, 0.1) is 0 Å². The molecule has 0 bridgehead atoms. The quantitative estimate of drug-likeness (QED) is 0.168. The van der Waals surface area contributed by atoms with Crippen LogP contribution in [-0.2, 0) is 0 Å². The summed E-state index contributed by atoms with van der Waals surface area (Å²) in [4.78, 5) is 30.3. The molecule has 0 radical (unpaired) electrons. The molecule has 11 rings (SSSR count). The van der Waals surface area contributed by atoms with Gasteiger partial charge in [0.2, 0.25) is 0 Å². The maximum atomic E-state index is 6.13. The van der Waals surface area contributed by atoms with Crippen LogP contribution in [0.5, 0.6) is 0 Å². The number of benzene rings is 7. The highest BCUT2D eigenvalue weighted by Crippen LogP contribution is 2.41. The van der Waals surface area contributed by atoms with E-state index >= 15 is 0 Å². The van der Waals surface area contributed by atoms with E-state index in [2.05, 4.69) is 48.5 Å². The summed E-state index contributed by atoms with van der Waals surface area (Å²) in [7, 11) is 0. The SMILES string of the molecule is c1ccc(-c2nc(-c3ccc4oc5ccccc5c4c3)nc(-c3ccc4sc5cccc(-c6nc(-c7ccccc7)nc(-c7ccccc7)n6)c5c4c3)n2)cc1. The molecule has 0 spiro atoms. The molecule has 7 nitrogen and oxygen atoms in total. The van der Waals surface area contributed by atoms with E-state index in [0.717, 1.165) is 75.5 Å². The number of fused-ring (bicyclic) bond motifs is 6. The molecular formula is C48H28N6OS. The van der Waals surface area contributed by atoms with Gasteiger partial charge in [0.05, 0.1) is 0 Å². The summed E-state index contributed by atoms with van der Waals surface area (Å²) >= 11 is 1.75. The minimum Gasteiger partial charge on any atom is -0.456 e. The van der Waals surface area contributed by atoms with Crippen molar-refractivity contribution in [1.29, 1.82) is 0 Å². The van der Waals surface area contributed by atoms with Crippen molar-refractivity contribution in [3.8, 4) is 68.3 Å². The lowest BCUT2D eigenvalue weighted by Crippen LogP contribution is -2.00. The second-order valence-electron chi connectivity index (χ2n) is 13.5. The Morgan fingerprint density at radius 3 is 1.41 bits per heavy atom. The van der Waals surface area contributed by atoms with Crippen molar-refractivity contribution < 1.29 is 4.42 Å². The van der Waals surface area contributed by atoms with Crippen molar-refractivity contribution in [3.63, 3.8) is 0 Å². The van der Waals surface area contributed by atoms with Crippen LogP contribution in [0.25, 0.3) is 110 Å². The highest BCUT2D eigenvalue weighted by Gasteiger charge is 2.19. The van der Waals surface area contributed by atoms with Gasteiger partial charge in [-0.15, -0.1) is 11.3 Å². The van der Waals surface area contributed by atoms with E-state index in [1.165, 1.54) is 0 Å². The van der Waals surface area contributed by atoms with Crippen molar-refractivity contribution >= 4 is 53.4 Å². The fraction of sp³-hybridized carbons (Fsp3) is 0. The van der Waals surface area contributed by atoms with Gasteiger partial charge < -0.3 is 4.42 Å². The summed E-state index contributed by atoms with van der Waals surface area (Å²) in [5.74, 6) is 3.64. The van der Waals surface area contributed by atoms with Crippen LogP contribution >= 0.6 is 11.3 Å². The number of para-hydroxylation sites is 1. The van der Waals surface area contributed by atoms with Crippen LogP contribution in [0.15, 0.2) is 174 Å². The first kappa shape index (κ1) is 32.0. The molecule has 262 valence electrons. The lowest BCUT2D eigenvalue weighted by atomic mass is 10.0. The average molecular weight is 737 g/mol. The van der Waals surface area contributed by atoms with Gasteiger partial charge in [-0.05, 0) is 48.5 Å². The van der Waals surface area contributed by atoms with Gasteiger partial charge in [0.1, 0.15) is 11.2 Å². The van der Waals surface area contributed by atoms with Gasteiger partial charge in [0, 0.05) is 64.3 Å². The van der Waals surface area contributed by atoms with Gasteiger partial charge >= 0.3 is 0 Å². The summed E-state index contributed by atoms with van der Waals surface area (Å²) in [5.41, 5.74) is 7.14. The zero-order valence-electron chi connectivity index (χ0n) is 29.7. The Labute approximate surface area is 324 Å². The summed E-state index contributed by atoms with van der Waals surface area (Å²) in [6.07, 6.45) is 0. The summed E-state index contributed by atoms with van der Waals surface area (Å²) in [6, 6.07) is 57.2. The number of furan rings is 1. The maximum Gasteiger partial charge on any atom is 0.164 e. The fourth-order valence-corrected chi connectivity index (χ4v) is 8.41. The van der Waals surface area contributed by atoms with E-state index in [1.807, 2.05) is 121 Å². The first-order valence-corrected chi connectivity index (χ1v) is 19.1. The Morgan fingerprint density at radius 1 is 0.321 bits per heavy atom. The van der Waals surface area contributed by atoms with Crippen LogP contribution in [0.3, 0.4) is 0 Å². The van der Waals surface area contributed by atoms with Gasteiger partial charge in [-0.25, -0.2) is 29.9 Å². The van der Waals surface area contributed by atoms with E-state index < -0.39 is 0 Å². The van der Waals surface area contributed by atoms with Crippen LogP contribution in [0.4, 0.5) is 0 Å². The van der Waals surface area contributed by atoms with Gasteiger partial charge in [0.15, 0.2) is 34.9 Å². The van der Waals surface area contributed by atoms with E-state index in [-0.39, 0.29) is 0 Å². The number of hydrogen-bond donors (Lipinski definition) is 0. The summed E-state index contributed by atoms with van der Waals surface area (Å²) < 4.78 is 8.42. The lowest BCUT2D eigenvalue weighted by molar-refractivity contribution is 0.669. The monoisotopic (exact) mass is 736 g/mol. The zero-order valence-corrected chi connectivity index (χ0v) is 30.5. The number of hydrogen-bond acceptors (Lipinski definition) is 8. The summed E-state index contributed by atoms with van der Waals surface area (Å²) in [5, 5.41) is 4.23. The molecule has 56 heavy (non-hydrogen) atoms. The minimum atomic E-state index is 0.586. The Balaban J connectivity index is 1.10. The predicted molar refractivity (Wildman–Crippen MR) is 226 cm³/mol. The molecule has 11 aromatic rings. The number of aromatic nitrogens is 6.